The highest BCUT2D eigenvalue weighted by molar-refractivity contribution is 7.35. The van der Waals surface area contributed by atoms with Gasteiger partial charge in [-0.25, -0.2) is 17.6 Å². The molecular weight excluding hydrogens is 1870 g/mol. The van der Waals surface area contributed by atoms with Gasteiger partial charge >= 0.3 is 0 Å². The van der Waals surface area contributed by atoms with Crippen LogP contribution in [0.25, 0.3) is 71.7 Å². The molecule has 6 aromatic heterocycles. The number of Topliss-reactive ketones (excluding diaryl/α,β-unsaturated/α-hetero) is 2. The summed E-state index contributed by atoms with van der Waals surface area (Å²) in [7, 11) is 0. The van der Waals surface area contributed by atoms with Crippen LogP contribution in [0.3, 0.4) is 0 Å². The van der Waals surface area contributed by atoms with Crippen LogP contribution >= 0.6 is 68.0 Å². The maximum atomic E-state index is 15.1. The van der Waals surface area contributed by atoms with Crippen LogP contribution in [0.2, 0.25) is 0 Å². The van der Waals surface area contributed by atoms with Gasteiger partial charge in [-0.05, 0) is 265 Å². The standard InChI is InChI=1S/C126H132F4N4O2S6/c1-9-17-25-33-43-81-59-82(44-34-26-18-10-2)64-91(63-81)125(92-65-83(45-35-27-19-11-3)60-84(66-92)46-36-28-20-12-4)103-75-111(109-57-55-95(137-109)51-41-53-97-113(89(77-131)78-132)99-71-105(127)107(129)73-101(99)117(97)135)139-119(103)121-115(125)123-124(141-121)116-122(142-123)120-104(76-112(140-120)110-58-56-96(138-110)52-42-54-98-114(90(79-133)80-134)100-72-106(128)108(130)74-102(100)118(98)136)126(116,93-67-85(47-37-29-21-13-5)61-86(68-93)48-38-30-22-14-6)94-69-87(49-39-31-23-15-7)62-88(70-94)50-40-32-24-16-8/h41-42,51-76H,9-40,43-50H2,1-8H3/b51-41+,52-42+,97-53-,98-54-. The third-order valence-electron chi connectivity index (χ3n) is 29.4. The fourth-order valence-corrected chi connectivity index (χ4v) is 30.1. The van der Waals surface area contributed by atoms with E-state index in [1.54, 1.807) is 47.0 Å². The Balaban J connectivity index is 1.000. The number of halogens is 4. The average Bonchev–Trinajstić information content (AvgIpc) is 1.48. The molecule has 6 nitrogen and oxygen atoms in total. The van der Waals surface area contributed by atoms with E-state index in [9.17, 15) is 39.4 Å². The summed E-state index contributed by atoms with van der Waals surface area (Å²) in [5.74, 6) is -5.90. The van der Waals surface area contributed by atoms with Crippen molar-refractivity contribution >= 4 is 112 Å². The van der Waals surface area contributed by atoms with E-state index in [-0.39, 0.29) is 55.7 Å². The van der Waals surface area contributed by atoms with Crippen molar-refractivity contribution < 1.29 is 27.2 Å². The summed E-state index contributed by atoms with van der Waals surface area (Å²) < 4.78 is 62.8. The van der Waals surface area contributed by atoms with Crippen molar-refractivity contribution in [2.75, 3.05) is 0 Å². The molecule has 0 unspecified atom stereocenters. The average molecular weight is 2000 g/mol. The molecule has 0 amide bonds. The first-order chi connectivity index (χ1) is 69.4. The molecule has 6 heterocycles. The van der Waals surface area contributed by atoms with Crippen molar-refractivity contribution in [1.29, 1.82) is 21.0 Å². The van der Waals surface area contributed by atoms with Gasteiger partial charge in [0.2, 0.25) is 0 Å². The fraction of sp³-hybridized carbons (Fsp3) is 0.397. The Morgan fingerprint density at radius 3 is 0.789 bits per heavy atom. The number of hydrogen-bond donors (Lipinski definition) is 0. The van der Waals surface area contributed by atoms with E-state index in [2.05, 4.69) is 165 Å². The number of unbranched alkanes of at least 4 members (excludes halogenated alkanes) is 24. The van der Waals surface area contributed by atoms with Gasteiger partial charge in [-0.2, -0.15) is 21.0 Å². The number of allylic oxidation sites excluding steroid dienone is 10. The van der Waals surface area contributed by atoms with Gasteiger partial charge < -0.3 is 0 Å². The monoisotopic (exact) mass is 2000 g/mol. The van der Waals surface area contributed by atoms with Crippen molar-refractivity contribution in [1.82, 2.24) is 0 Å². The van der Waals surface area contributed by atoms with E-state index in [0.717, 1.165) is 259 Å². The molecule has 0 spiro atoms. The second-order valence-electron chi connectivity index (χ2n) is 39.6. The molecule has 12 aromatic rings. The van der Waals surface area contributed by atoms with Gasteiger partial charge in [-0.3, -0.25) is 9.59 Å². The van der Waals surface area contributed by atoms with Gasteiger partial charge in [-0.1, -0.05) is 307 Å². The SMILES string of the molecule is CCCCCCc1cc(CCCCCC)cc(C2(c3cc(CCCCCC)cc(CCCCCC)c3)c3cc(-c4ccc(/C=C/C=C5\C(=O)c6cc(F)c(F)cc6C5=C(C#N)C#N)s4)sc3-c3sc4c5c(sc4c32)-c2sc(-c3ccc(/C=C/C=C4\C(=O)c6cc(F)c(F)cc6C4=C(C#N)C#N)s3)cc2C5(c2cc(CCCCCC)cc(CCCCCC)c2)c2cc(CCCCCC)cc(CCCCCC)c2)c1. The molecule has 0 N–H and O–H groups in total. The van der Waals surface area contributed by atoms with Crippen molar-refractivity contribution in [3.63, 3.8) is 0 Å². The number of ketones is 2. The number of nitrogens with zero attached hydrogens (tertiary/aromatic N) is 4. The number of carbonyl (C=O) groups is 2. The maximum absolute atomic E-state index is 15.1. The topological polar surface area (TPSA) is 129 Å². The highest BCUT2D eigenvalue weighted by Crippen LogP contribution is 2.72. The molecule has 0 aliphatic heterocycles. The molecule has 4 aliphatic rings. The second-order valence-corrected chi connectivity index (χ2v) is 46.0. The van der Waals surface area contributed by atoms with Crippen LogP contribution in [-0.2, 0) is 62.2 Å². The minimum absolute atomic E-state index is 0.00986. The normalized spacial score (nSPS) is 14.3. The van der Waals surface area contributed by atoms with Crippen LogP contribution in [0.15, 0.2) is 180 Å². The van der Waals surface area contributed by atoms with Crippen LogP contribution < -0.4 is 0 Å². The predicted molar refractivity (Wildman–Crippen MR) is 591 cm³/mol. The summed E-state index contributed by atoms with van der Waals surface area (Å²) in [5.41, 5.74) is 19.3. The summed E-state index contributed by atoms with van der Waals surface area (Å²) in [5, 5.41) is 41.1. The molecule has 4 aliphatic carbocycles. The van der Waals surface area contributed by atoms with Crippen molar-refractivity contribution in [2.45, 2.75) is 323 Å². The Bertz CT molecular complexity index is 6330. The van der Waals surface area contributed by atoms with E-state index >= 15 is 8.78 Å². The van der Waals surface area contributed by atoms with Crippen LogP contribution in [-0.4, -0.2) is 11.6 Å². The quantitative estimate of drug-likeness (QED) is 0.0162. The lowest BCUT2D eigenvalue weighted by Gasteiger charge is -2.35. The summed E-state index contributed by atoms with van der Waals surface area (Å²) in [6.07, 6.45) is 54.9. The Morgan fingerprint density at radius 1 is 0.289 bits per heavy atom. The lowest BCUT2D eigenvalue weighted by atomic mass is 9.65. The molecule has 732 valence electrons. The van der Waals surface area contributed by atoms with Crippen LogP contribution in [0, 0.1) is 68.6 Å². The Labute approximate surface area is 864 Å². The van der Waals surface area contributed by atoms with Crippen molar-refractivity contribution in [3.05, 3.63) is 324 Å². The van der Waals surface area contributed by atoms with Gasteiger partial charge in [0.25, 0.3) is 0 Å². The molecule has 0 saturated heterocycles. The van der Waals surface area contributed by atoms with Gasteiger partial charge in [0.15, 0.2) is 34.8 Å². The maximum Gasteiger partial charge on any atom is 0.194 e. The molecular formula is C126H132F4N4O2S6. The van der Waals surface area contributed by atoms with Crippen LogP contribution in [0.4, 0.5) is 17.6 Å². The first-order valence-corrected chi connectivity index (χ1v) is 57.8. The number of rotatable bonds is 50. The summed E-state index contributed by atoms with van der Waals surface area (Å²) in [6.45, 7) is 18.5. The number of aryl methyl sites for hydroxylation is 8. The first kappa shape index (κ1) is 104. The zero-order valence-electron chi connectivity index (χ0n) is 84.0. The van der Waals surface area contributed by atoms with Crippen molar-refractivity contribution in [3.8, 4) is 63.3 Å². The van der Waals surface area contributed by atoms with Crippen molar-refractivity contribution in [2.24, 2.45) is 0 Å². The van der Waals surface area contributed by atoms with E-state index in [1.165, 1.54) is 169 Å². The number of fused-ring (bicyclic) bond motifs is 11. The third kappa shape index (κ3) is 21.9. The molecule has 0 saturated carbocycles. The van der Waals surface area contributed by atoms with Crippen LogP contribution in [0.1, 0.15) is 391 Å². The zero-order valence-corrected chi connectivity index (χ0v) is 88.9. The molecule has 16 heteroatoms. The minimum Gasteiger partial charge on any atom is -0.289 e. The largest absolute Gasteiger partial charge is 0.289 e. The lowest BCUT2D eigenvalue weighted by Crippen LogP contribution is -2.30. The molecule has 0 bridgehead atoms. The highest BCUT2D eigenvalue weighted by Gasteiger charge is 2.56. The number of benzene rings is 6. The Kier molecular flexibility index (Phi) is 35.7. The first-order valence-electron chi connectivity index (χ1n) is 52.9. The van der Waals surface area contributed by atoms with Crippen LogP contribution in [0.5, 0.6) is 0 Å². The van der Waals surface area contributed by atoms with E-state index in [1.807, 2.05) is 81.8 Å². The van der Waals surface area contributed by atoms with E-state index in [0.29, 0.717) is 0 Å². The predicted octanol–water partition coefficient (Wildman–Crippen LogP) is 38.1. The number of hydrogen-bond acceptors (Lipinski definition) is 12. The molecule has 0 radical (unpaired) electrons. The summed E-state index contributed by atoms with van der Waals surface area (Å²) in [4.78, 5) is 40.0. The molecule has 0 fully saturated rings. The number of nitriles is 4. The molecule has 0 atom stereocenters. The van der Waals surface area contributed by atoms with Gasteiger partial charge in [0.05, 0.1) is 39.7 Å². The van der Waals surface area contributed by atoms with E-state index in [4.69, 9.17) is 0 Å². The Hall–Kier alpha value is -10.8. The minimum atomic E-state index is -1.19. The fourth-order valence-electron chi connectivity index (χ4n) is 22.2. The molecule has 16 rings (SSSR count). The highest BCUT2D eigenvalue weighted by atomic mass is 32.1. The lowest BCUT2D eigenvalue weighted by molar-refractivity contribution is 0.103. The number of thiophene rings is 6. The van der Waals surface area contributed by atoms with E-state index < -0.39 is 45.7 Å². The Morgan fingerprint density at radius 2 is 0.542 bits per heavy atom. The number of carbonyl (C=O) groups excluding carboxylic acids is 2. The zero-order chi connectivity index (χ0) is 99.6. The molecule has 142 heavy (non-hydrogen) atoms. The smallest absolute Gasteiger partial charge is 0.194 e. The van der Waals surface area contributed by atoms with Gasteiger partial charge in [-0.15, -0.1) is 68.0 Å². The third-order valence-corrected chi connectivity index (χ3v) is 37.0. The summed E-state index contributed by atoms with van der Waals surface area (Å²) in [6, 6.07) is 56.9. The summed E-state index contributed by atoms with van der Waals surface area (Å²) >= 11 is 11.3. The molecule has 6 aromatic carbocycles. The van der Waals surface area contributed by atoms with Gasteiger partial charge in [0, 0.05) is 73.8 Å². The van der Waals surface area contributed by atoms with Gasteiger partial charge in [0.1, 0.15) is 35.4 Å². The second kappa shape index (κ2) is 48.8.